The summed E-state index contributed by atoms with van der Waals surface area (Å²) < 4.78 is 14.6. The van der Waals surface area contributed by atoms with Gasteiger partial charge < -0.3 is 9.88 Å². The summed E-state index contributed by atoms with van der Waals surface area (Å²) >= 11 is 1.58. The van der Waals surface area contributed by atoms with Crippen LogP contribution in [0.25, 0.3) is 10.2 Å². The number of alkyl halides is 1. The van der Waals surface area contributed by atoms with E-state index in [4.69, 9.17) is 4.98 Å². The predicted octanol–water partition coefficient (Wildman–Crippen LogP) is 3.24. The highest BCUT2D eigenvalue weighted by atomic mass is 32.1. The third kappa shape index (κ3) is 2.22. The van der Waals surface area contributed by atoms with E-state index in [1.165, 1.54) is 0 Å². The van der Waals surface area contributed by atoms with E-state index < -0.39 is 12.1 Å². The SMILES string of the molecule is O=C(N1CCc2[nH]cnc2[C@H]1c1nc2ccccc2s1)C1(CF)CC1. The van der Waals surface area contributed by atoms with E-state index in [9.17, 15) is 9.18 Å². The number of carbonyl (C=O) groups excluding carboxylic acids is 1. The molecule has 2 aliphatic rings. The van der Waals surface area contributed by atoms with Crippen LogP contribution in [0.1, 0.15) is 35.3 Å². The van der Waals surface area contributed by atoms with Crippen LogP contribution < -0.4 is 0 Å². The van der Waals surface area contributed by atoms with Crippen LogP contribution in [0.5, 0.6) is 0 Å². The molecular formula is C18H17FN4OS. The van der Waals surface area contributed by atoms with Crippen molar-refractivity contribution in [2.24, 2.45) is 5.41 Å². The molecule has 1 aromatic carbocycles. The number of aromatic nitrogens is 3. The Kier molecular flexibility index (Phi) is 3.22. The zero-order valence-electron chi connectivity index (χ0n) is 13.5. The molecule has 0 bridgehead atoms. The topological polar surface area (TPSA) is 61.9 Å². The highest BCUT2D eigenvalue weighted by molar-refractivity contribution is 7.18. The van der Waals surface area contributed by atoms with Gasteiger partial charge >= 0.3 is 0 Å². The molecule has 2 aromatic heterocycles. The molecule has 0 unspecified atom stereocenters. The summed E-state index contributed by atoms with van der Waals surface area (Å²) in [7, 11) is 0. The van der Waals surface area contributed by atoms with Crippen LogP contribution in [0.4, 0.5) is 4.39 Å². The number of halogens is 1. The van der Waals surface area contributed by atoms with E-state index in [0.717, 1.165) is 26.6 Å². The maximum absolute atomic E-state index is 13.5. The molecule has 5 nitrogen and oxygen atoms in total. The molecular weight excluding hydrogens is 339 g/mol. The fourth-order valence-electron chi connectivity index (χ4n) is 3.61. The van der Waals surface area contributed by atoms with E-state index in [-0.39, 0.29) is 11.9 Å². The zero-order valence-corrected chi connectivity index (χ0v) is 14.4. The van der Waals surface area contributed by atoms with Crippen molar-refractivity contribution in [3.63, 3.8) is 0 Å². The maximum atomic E-state index is 13.5. The summed E-state index contributed by atoms with van der Waals surface area (Å²) in [5, 5.41) is 0.845. The Labute approximate surface area is 147 Å². The van der Waals surface area contributed by atoms with Crippen molar-refractivity contribution < 1.29 is 9.18 Å². The lowest BCUT2D eigenvalue weighted by Gasteiger charge is -2.35. The van der Waals surface area contributed by atoms with Gasteiger partial charge in [0.1, 0.15) is 17.7 Å². The molecule has 0 saturated heterocycles. The van der Waals surface area contributed by atoms with Crippen molar-refractivity contribution in [1.82, 2.24) is 19.9 Å². The Bertz CT molecular complexity index is 928. The lowest BCUT2D eigenvalue weighted by Crippen LogP contribution is -2.45. The Hall–Kier alpha value is -2.28. The van der Waals surface area contributed by atoms with Crippen molar-refractivity contribution in [3.8, 4) is 0 Å². The minimum absolute atomic E-state index is 0.0899. The molecule has 3 heterocycles. The van der Waals surface area contributed by atoms with Crippen LogP contribution in [0, 0.1) is 5.41 Å². The molecule has 25 heavy (non-hydrogen) atoms. The number of hydrogen-bond acceptors (Lipinski definition) is 4. The minimum atomic E-state index is -0.803. The summed E-state index contributed by atoms with van der Waals surface area (Å²) in [5.74, 6) is -0.0899. The van der Waals surface area contributed by atoms with Crippen molar-refractivity contribution in [3.05, 3.63) is 47.0 Å². The number of thiazole rings is 1. The molecule has 1 atom stereocenters. The molecule has 1 fully saturated rings. The number of aromatic amines is 1. The monoisotopic (exact) mass is 356 g/mol. The third-order valence-electron chi connectivity index (χ3n) is 5.29. The van der Waals surface area contributed by atoms with Gasteiger partial charge in [-0.25, -0.2) is 14.4 Å². The smallest absolute Gasteiger partial charge is 0.232 e. The fraction of sp³-hybridized carbons (Fsp3) is 0.389. The number of rotatable bonds is 3. The van der Waals surface area contributed by atoms with E-state index in [1.807, 2.05) is 24.3 Å². The Morgan fingerprint density at radius 3 is 3.00 bits per heavy atom. The van der Waals surface area contributed by atoms with Crippen LogP contribution in [-0.2, 0) is 11.2 Å². The first-order chi connectivity index (χ1) is 12.2. The summed E-state index contributed by atoms with van der Waals surface area (Å²) in [5.41, 5.74) is 2.00. The number of H-pyrrole nitrogens is 1. The van der Waals surface area contributed by atoms with Gasteiger partial charge in [0.25, 0.3) is 0 Å². The van der Waals surface area contributed by atoms with E-state index in [2.05, 4.69) is 9.97 Å². The second kappa shape index (κ2) is 5.36. The first kappa shape index (κ1) is 15.0. The number of amides is 1. The Balaban J connectivity index is 1.62. The Morgan fingerprint density at radius 2 is 2.24 bits per heavy atom. The van der Waals surface area contributed by atoms with Gasteiger partial charge in [0.05, 0.1) is 27.7 Å². The molecule has 7 heteroatoms. The standard InChI is InChI=1S/C18H17FN4OS/c19-9-18(6-7-18)17(24)23-8-5-12-14(21-10-20-12)15(23)16-22-11-3-1-2-4-13(11)25-16/h1-4,10,15H,5-9H2,(H,20,21)/t15-/m0/s1. The lowest BCUT2D eigenvalue weighted by atomic mass is 9.99. The second-order valence-corrected chi connectivity index (χ2v) is 7.91. The van der Waals surface area contributed by atoms with Crippen LogP contribution in [0.15, 0.2) is 30.6 Å². The summed E-state index contributed by atoms with van der Waals surface area (Å²) in [4.78, 5) is 27.3. The summed E-state index contributed by atoms with van der Waals surface area (Å²) in [6.45, 7) is -0.0152. The van der Waals surface area contributed by atoms with Crippen molar-refractivity contribution in [1.29, 1.82) is 0 Å². The molecule has 5 rings (SSSR count). The molecule has 0 spiro atoms. The first-order valence-corrected chi connectivity index (χ1v) is 9.28. The fourth-order valence-corrected chi connectivity index (χ4v) is 4.70. The van der Waals surface area contributed by atoms with Gasteiger partial charge in [-0.05, 0) is 25.0 Å². The van der Waals surface area contributed by atoms with Gasteiger partial charge in [0.2, 0.25) is 5.91 Å². The van der Waals surface area contributed by atoms with E-state index >= 15 is 0 Å². The number of nitrogens with one attached hydrogen (secondary N) is 1. The number of para-hydroxylation sites is 1. The van der Waals surface area contributed by atoms with Crippen LogP contribution in [0.3, 0.4) is 0 Å². The Morgan fingerprint density at radius 1 is 1.40 bits per heavy atom. The van der Waals surface area contributed by atoms with E-state index in [1.54, 1.807) is 22.6 Å². The van der Waals surface area contributed by atoms with Crippen molar-refractivity contribution in [2.75, 3.05) is 13.2 Å². The zero-order chi connectivity index (χ0) is 17.0. The lowest BCUT2D eigenvalue weighted by molar-refractivity contribution is -0.140. The molecule has 128 valence electrons. The number of carbonyl (C=O) groups is 1. The molecule has 1 aliphatic carbocycles. The van der Waals surface area contributed by atoms with Crippen LogP contribution in [0.2, 0.25) is 0 Å². The molecule has 1 saturated carbocycles. The molecule has 1 N–H and O–H groups in total. The van der Waals surface area contributed by atoms with Gasteiger partial charge in [-0.1, -0.05) is 12.1 Å². The average molecular weight is 356 g/mol. The van der Waals surface area contributed by atoms with Crippen molar-refractivity contribution >= 4 is 27.5 Å². The second-order valence-electron chi connectivity index (χ2n) is 6.85. The average Bonchev–Trinajstić information content (AvgIpc) is 3.10. The maximum Gasteiger partial charge on any atom is 0.232 e. The van der Waals surface area contributed by atoms with Gasteiger partial charge in [-0.3, -0.25) is 4.79 Å². The van der Waals surface area contributed by atoms with E-state index in [0.29, 0.717) is 25.8 Å². The minimum Gasteiger partial charge on any atom is -0.348 e. The molecule has 1 amide bonds. The van der Waals surface area contributed by atoms with Gasteiger partial charge in [-0.15, -0.1) is 11.3 Å². The molecule has 0 radical (unpaired) electrons. The largest absolute Gasteiger partial charge is 0.348 e. The normalized spacial score (nSPS) is 21.3. The van der Waals surface area contributed by atoms with Crippen molar-refractivity contribution in [2.45, 2.75) is 25.3 Å². The number of fused-ring (bicyclic) bond motifs is 2. The van der Waals surface area contributed by atoms with Crippen LogP contribution >= 0.6 is 11.3 Å². The highest BCUT2D eigenvalue weighted by Crippen LogP contribution is 2.50. The van der Waals surface area contributed by atoms with Gasteiger partial charge in [0.15, 0.2) is 0 Å². The highest BCUT2D eigenvalue weighted by Gasteiger charge is 2.54. The number of nitrogens with zero attached hydrogens (tertiary/aromatic N) is 3. The molecule has 1 aliphatic heterocycles. The predicted molar refractivity (Wildman–Crippen MR) is 93.1 cm³/mol. The van der Waals surface area contributed by atoms with Crippen LogP contribution in [-0.4, -0.2) is 39.0 Å². The number of hydrogen-bond donors (Lipinski definition) is 1. The quantitative estimate of drug-likeness (QED) is 0.784. The number of imidazole rings is 1. The van der Waals surface area contributed by atoms with Gasteiger partial charge in [0, 0.05) is 18.7 Å². The first-order valence-electron chi connectivity index (χ1n) is 8.46. The summed E-state index contributed by atoms with van der Waals surface area (Å²) in [6, 6.07) is 7.61. The van der Waals surface area contributed by atoms with Gasteiger partial charge in [-0.2, -0.15) is 0 Å². The third-order valence-corrected chi connectivity index (χ3v) is 6.38. The molecule has 3 aromatic rings. The number of benzene rings is 1. The summed E-state index contributed by atoms with van der Waals surface area (Å²) in [6.07, 6.45) is 3.66.